The zero-order chi connectivity index (χ0) is 11.4. The summed E-state index contributed by atoms with van der Waals surface area (Å²) in [6.07, 6.45) is 0. The van der Waals surface area contributed by atoms with Crippen molar-refractivity contribution in [1.82, 2.24) is 4.98 Å². The van der Waals surface area contributed by atoms with Crippen LogP contribution in [0.3, 0.4) is 0 Å². The van der Waals surface area contributed by atoms with Crippen LogP contribution in [-0.4, -0.2) is 4.98 Å². The zero-order valence-electron chi connectivity index (χ0n) is 8.55. The van der Waals surface area contributed by atoms with Gasteiger partial charge in [-0.2, -0.15) is 5.26 Å². The van der Waals surface area contributed by atoms with Crippen LogP contribution in [-0.2, 0) is 0 Å². The Morgan fingerprint density at radius 1 is 1.12 bits per heavy atom. The highest BCUT2D eigenvalue weighted by atomic mass is 16.5. The zero-order valence-corrected chi connectivity index (χ0v) is 8.55. The topological polar surface area (TPSA) is 45.9 Å². The van der Waals surface area contributed by atoms with E-state index in [2.05, 4.69) is 11.9 Å². The molecule has 3 nitrogen and oxygen atoms in total. The summed E-state index contributed by atoms with van der Waals surface area (Å²) in [6, 6.07) is 14.6. The van der Waals surface area contributed by atoms with Crippen LogP contribution < -0.4 is 4.74 Å². The molecule has 77 valence electrons. The van der Waals surface area contributed by atoms with Gasteiger partial charge in [0.25, 0.3) is 0 Å². The van der Waals surface area contributed by atoms with Crippen LogP contribution in [0.4, 0.5) is 0 Å². The first-order valence-corrected chi connectivity index (χ1v) is 4.75. The van der Waals surface area contributed by atoms with Crippen molar-refractivity contribution in [2.45, 2.75) is 0 Å². The average molecular weight is 209 g/mol. The van der Waals surface area contributed by atoms with Crippen molar-refractivity contribution in [3.8, 4) is 17.7 Å². The van der Waals surface area contributed by atoms with E-state index in [1.807, 2.05) is 36.4 Å². The molecule has 1 aromatic carbocycles. The normalized spacial score (nSPS) is 9.50. The molecule has 0 spiro atoms. The molecule has 3 heteroatoms. The minimum absolute atomic E-state index is 0.427. The number of aromatic nitrogens is 1. The van der Waals surface area contributed by atoms with Crippen LogP contribution in [0, 0.1) is 18.3 Å². The van der Waals surface area contributed by atoms with E-state index in [0.29, 0.717) is 22.9 Å². The van der Waals surface area contributed by atoms with Gasteiger partial charge in [-0.05, 0) is 25.1 Å². The second-order valence-corrected chi connectivity index (χ2v) is 3.17. The minimum Gasteiger partial charge on any atom is -0.439 e. The molecule has 16 heavy (non-hydrogen) atoms. The number of hydrogen-bond donors (Lipinski definition) is 0. The van der Waals surface area contributed by atoms with Crippen molar-refractivity contribution in [3.05, 3.63) is 60.6 Å². The first-order valence-electron chi connectivity index (χ1n) is 4.75. The molecule has 0 saturated carbocycles. The molecule has 1 aromatic heterocycles. The van der Waals surface area contributed by atoms with Crippen LogP contribution in [0.25, 0.3) is 0 Å². The molecule has 1 radical (unpaired) electrons. The fourth-order valence-corrected chi connectivity index (χ4v) is 1.25. The summed E-state index contributed by atoms with van der Waals surface area (Å²) in [5.41, 5.74) is 0.886. The Kier molecular flexibility index (Phi) is 2.84. The smallest absolute Gasteiger partial charge is 0.219 e. The maximum atomic E-state index is 8.73. The molecule has 0 amide bonds. The van der Waals surface area contributed by atoms with E-state index in [9.17, 15) is 0 Å². The van der Waals surface area contributed by atoms with Crippen LogP contribution in [0.5, 0.6) is 11.6 Å². The molecule has 0 atom stereocenters. The summed E-state index contributed by atoms with van der Waals surface area (Å²) in [5, 5.41) is 8.73. The monoisotopic (exact) mass is 209 g/mol. The fraction of sp³-hybridized carbons (Fsp3) is 0. The first-order chi connectivity index (χ1) is 7.79. The Balaban J connectivity index is 2.24. The van der Waals surface area contributed by atoms with Gasteiger partial charge >= 0.3 is 0 Å². The SMILES string of the molecule is [CH2]c1nc(Oc2ccccc2)ccc1C#N. The number of para-hydroxylation sites is 1. The van der Waals surface area contributed by atoms with Crippen molar-refractivity contribution in [1.29, 1.82) is 5.26 Å². The number of nitriles is 1. The van der Waals surface area contributed by atoms with Gasteiger partial charge in [0.15, 0.2) is 0 Å². The summed E-state index contributed by atoms with van der Waals surface area (Å²) in [5.74, 6) is 1.15. The highest BCUT2D eigenvalue weighted by molar-refractivity contribution is 5.38. The third kappa shape index (κ3) is 2.18. The molecular weight excluding hydrogens is 200 g/mol. The molecule has 0 N–H and O–H groups in total. The van der Waals surface area contributed by atoms with Gasteiger partial charge in [-0.3, -0.25) is 0 Å². The third-order valence-corrected chi connectivity index (χ3v) is 2.03. The summed E-state index contributed by atoms with van der Waals surface area (Å²) in [4.78, 5) is 4.08. The average Bonchev–Trinajstić information content (AvgIpc) is 2.31. The molecule has 0 unspecified atom stereocenters. The van der Waals surface area contributed by atoms with Crippen molar-refractivity contribution in [2.24, 2.45) is 0 Å². The predicted molar refractivity (Wildman–Crippen MR) is 59.9 cm³/mol. The molecule has 0 aliphatic heterocycles. The van der Waals surface area contributed by atoms with Crippen molar-refractivity contribution in [3.63, 3.8) is 0 Å². The van der Waals surface area contributed by atoms with Gasteiger partial charge in [0.2, 0.25) is 5.88 Å². The van der Waals surface area contributed by atoms with Crippen LogP contribution in [0.1, 0.15) is 11.3 Å². The second kappa shape index (κ2) is 4.45. The Labute approximate surface area is 93.9 Å². The lowest BCUT2D eigenvalue weighted by Gasteiger charge is -2.05. The van der Waals surface area contributed by atoms with E-state index in [1.165, 1.54) is 0 Å². The molecule has 0 aliphatic carbocycles. The van der Waals surface area contributed by atoms with Crippen LogP contribution in [0.2, 0.25) is 0 Å². The van der Waals surface area contributed by atoms with Gasteiger partial charge in [0.1, 0.15) is 11.8 Å². The van der Waals surface area contributed by atoms with Gasteiger partial charge in [-0.15, -0.1) is 0 Å². The number of rotatable bonds is 2. The molecule has 0 saturated heterocycles. The van der Waals surface area contributed by atoms with Crippen molar-refractivity contribution in [2.75, 3.05) is 0 Å². The van der Waals surface area contributed by atoms with Crippen LogP contribution in [0.15, 0.2) is 42.5 Å². The summed E-state index contributed by atoms with van der Waals surface area (Å²) in [6.45, 7) is 3.68. The van der Waals surface area contributed by atoms with E-state index in [0.717, 1.165) is 0 Å². The summed E-state index contributed by atoms with van der Waals surface area (Å²) < 4.78 is 5.50. The van der Waals surface area contributed by atoms with Crippen LogP contribution >= 0.6 is 0 Å². The molecule has 0 bridgehead atoms. The quantitative estimate of drug-likeness (QED) is 0.763. The van der Waals surface area contributed by atoms with E-state index < -0.39 is 0 Å². The molecule has 0 aliphatic rings. The van der Waals surface area contributed by atoms with Gasteiger partial charge in [-0.1, -0.05) is 18.2 Å². The maximum absolute atomic E-state index is 8.73. The van der Waals surface area contributed by atoms with Gasteiger partial charge < -0.3 is 4.74 Å². The molecule has 1 heterocycles. The molecule has 2 aromatic rings. The minimum atomic E-state index is 0.427. The van der Waals surface area contributed by atoms with Gasteiger partial charge in [-0.25, -0.2) is 4.98 Å². The predicted octanol–water partition coefficient (Wildman–Crippen LogP) is 2.93. The summed E-state index contributed by atoms with van der Waals surface area (Å²) >= 11 is 0. The number of benzene rings is 1. The largest absolute Gasteiger partial charge is 0.439 e. The highest BCUT2D eigenvalue weighted by Crippen LogP contribution is 2.19. The fourth-order valence-electron chi connectivity index (χ4n) is 1.25. The lowest BCUT2D eigenvalue weighted by Crippen LogP contribution is -1.92. The van der Waals surface area contributed by atoms with Gasteiger partial charge in [0.05, 0.1) is 11.3 Å². The van der Waals surface area contributed by atoms with E-state index >= 15 is 0 Å². The Bertz CT molecular complexity index is 529. The Hall–Kier alpha value is -2.34. The lowest BCUT2D eigenvalue weighted by atomic mass is 10.2. The molecular formula is C13H9N2O. The summed E-state index contributed by atoms with van der Waals surface area (Å²) in [7, 11) is 0. The highest BCUT2D eigenvalue weighted by Gasteiger charge is 2.02. The number of pyridine rings is 1. The Morgan fingerprint density at radius 3 is 2.50 bits per heavy atom. The number of nitrogens with zero attached hydrogens (tertiary/aromatic N) is 2. The van der Waals surface area contributed by atoms with Crippen molar-refractivity contribution < 1.29 is 4.74 Å². The third-order valence-electron chi connectivity index (χ3n) is 2.03. The van der Waals surface area contributed by atoms with E-state index in [4.69, 9.17) is 10.00 Å². The maximum Gasteiger partial charge on any atom is 0.219 e. The second-order valence-electron chi connectivity index (χ2n) is 3.17. The van der Waals surface area contributed by atoms with Gasteiger partial charge in [0, 0.05) is 6.07 Å². The van der Waals surface area contributed by atoms with E-state index in [1.54, 1.807) is 12.1 Å². The van der Waals surface area contributed by atoms with Crippen molar-refractivity contribution >= 4 is 0 Å². The van der Waals surface area contributed by atoms with E-state index in [-0.39, 0.29) is 0 Å². The Morgan fingerprint density at radius 2 is 1.88 bits per heavy atom. The standard InChI is InChI=1S/C13H9N2O/c1-10-11(9-14)7-8-13(15-10)16-12-5-3-2-4-6-12/h2-8H,1H2. The number of ether oxygens (including phenoxy) is 1. The molecule has 0 fully saturated rings. The molecule has 2 rings (SSSR count). The number of hydrogen-bond acceptors (Lipinski definition) is 3. The first kappa shape index (κ1) is 10.2. The lowest BCUT2D eigenvalue weighted by molar-refractivity contribution is 0.462.